The standard InChI is InChI=1S/C11H14N4O2S/c16-10(17)6-8-7-18-11(15-8)14-3-1-2-9-12-4-5-13-9/h4-5,7H,1-3,6H2,(H,12,13)(H,14,15)(H,16,17). The van der Waals surface area contributed by atoms with Crippen LogP contribution in [0.15, 0.2) is 17.8 Å². The van der Waals surface area contributed by atoms with Crippen LogP contribution in [-0.2, 0) is 17.6 Å². The topological polar surface area (TPSA) is 90.9 Å². The Balaban J connectivity index is 1.70. The lowest BCUT2D eigenvalue weighted by atomic mass is 10.3. The van der Waals surface area contributed by atoms with Gasteiger partial charge in [0.25, 0.3) is 0 Å². The molecule has 0 aliphatic carbocycles. The minimum absolute atomic E-state index is 0.0232. The zero-order chi connectivity index (χ0) is 12.8. The summed E-state index contributed by atoms with van der Waals surface area (Å²) in [6.45, 7) is 0.792. The van der Waals surface area contributed by atoms with Crippen molar-refractivity contribution in [3.05, 3.63) is 29.3 Å². The number of aryl methyl sites for hydroxylation is 1. The largest absolute Gasteiger partial charge is 0.481 e. The SMILES string of the molecule is O=C(O)Cc1csc(NCCCc2ncc[nH]2)n1. The zero-order valence-electron chi connectivity index (χ0n) is 9.72. The van der Waals surface area contributed by atoms with Gasteiger partial charge in [0.2, 0.25) is 0 Å². The number of nitrogens with one attached hydrogen (secondary N) is 2. The Hall–Kier alpha value is -1.89. The van der Waals surface area contributed by atoms with Crippen molar-refractivity contribution in [2.24, 2.45) is 0 Å². The lowest BCUT2D eigenvalue weighted by Crippen LogP contribution is -2.04. The number of carboxylic acids is 1. The molecule has 2 aromatic heterocycles. The van der Waals surface area contributed by atoms with Gasteiger partial charge in [-0.2, -0.15) is 0 Å². The number of rotatable bonds is 7. The molecule has 18 heavy (non-hydrogen) atoms. The lowest BCUT2D eigenvalue weighted by molar-refractivity contribution is -0.136. The Labute approximate surface area is 108 Å². The molecule has 0 aromatic carbocycles. The fourth-order valence-electron chi connectivity index (χ4n) is 1.51. The molecule has 0 aliphatic rings. The number of nitrogens with zero attached hydrogens (tertiary/aromatic N) is 2. The van der Waals surface area contributed by atoms with Crippen molar-refractivity contribution in [3.8, 4) is 0 Å². The quantitative estimate of drug-likeness (QED) is 0.661. The molecular formula is C11H14N4O2S. The summed E-state index contributed by atoms with van der Waals surface area (Å²) in [6, 6.07) is 0. The first-order chi connectivity index (χ1) is 8.74. The second-order valence-electron chi connectivity index (χ2n) is 3.78. The number of aromatic nitrogens is 3. The molecule has 0 unspecified atom stereocenters. The maximum atomic E-state index is 10.5. The van der Waals surface area contributed by atoms with E-state index < -0.39 is 5.97 Å². The number of aliphatic carboxylic acids is 1. The molecule has 0 saturated carbocycles. The van der Waals surface area contributed by atoms with Crippen molar-refractivity contribution >= 4 is 22.4 Å². The first-order valence-electron chi connectivity index (χ1n) is 5.62. The van der Waals surface area contributed by atoms with Gasteiger partial charge in [-0.25, -0.2) is 9.97 Å². The first-order valence-corrected chi connectivity index (χ1v) is 6.50. The van der Waals surface area contributed by atoms with E-state index in [2.05, 4.69) is 20.3 Å². The summed E-state index contributed by atoms with van der Waals surface area (Å²) in [7, 11) is 0. The van der Waals surface area contributed by atoms with Gasteiger partial charge in [0.05, 0.1) is 12.1 Å². The van der Waals surface area contributed by atoms with Crippen LogP contribution in [0.4, 0.5) is 5.13 Å². The number of anilines is 1. The average Bonchev–Trinajstić information content (AvgIpc) is 2.95. The summed E-state index contributed by atoms with van der Waals surface area (Å²) < 4.78 is 0. The van der Waals surface area contributed by atoms with Gasteiger partial charge in [-0.1, -0.05) is 0 Å². The van der Waals surface area contributed by atoms with E-state index in [1.807, 2.05) is 6.20 Å². The van der Waals surface area contributed by atoms with Crippen LogP contribution in [0.3, 0.4) is 0 Å². The Morgan fingerprint density at radius 2 is 2.44 bits per heavy atom. The van der Waals surface area contributed by atoms with Gasteiger partial charge in [-0.05, 0) is 6.42 Å². The monoisotopic (exact) mass is 266 g/mol. The normalized spacial score (nSPS) is 10.4. The van der Waals surface area contributed by atoms with Crippen molar-refractivity contribution < 1.29 is 9.90 Å². The average molecular weight is 266 g/mol. The molecule has 2 rings (SSSR count). The molecule has 7 heteroatoms. The fraction of sp³-hybridized carbons (Fsp3) is 0.364. The highest BCUT2D eigenvalue weighted by Crippen LogP contribution is 2.15. The lowest BCUT2D eigenvalue weighted by Gasteiger charge is -2.00. The maximum absolute atomic E-state index is 10.5. The summed E-state index contributed by atoms with van der Waals surface area (Å²) in [5.41, 5.74) is 0.598. The van der Waals surface area contributed by atoms with Gasteiger partial charge < -0.3 is 15.4 Å². The zero-order valence-corrected chi connectivity index (χ0v) is 10.5. The van der Waals surface area contributed by atoms with E-state index in [1.165, 1.54) is 11.3 Å². The second kappa shape index (κ2) is 6.15. The van der Waals surface area contributed by atoms with E-state index in [0.717, 1.165) is 30.3 Å². The predicted molar refractivity (Wildman–Crippen MR) is 68.9 cm³/mol. The van der Waals surface area contributed by atoms with Crippen molar-refractivity contribution in [2.75, 3.05) is 11.9 Å². The van der Waals surface area contributed by atoms with E-state index in [4.69, 9.17) is 5.11 Å². The molecule has 0 fully saturated rings. The van der Waals surface area contributed by atoms with Crippen LogP contribution in [0.5, 0.6) is 0 Å². The van der Waals surface area contributed by atoms with E-state index in [9.17, 15) is 4.79 Å². The number of aromatic amines is 1. The number of hydrogen-bond acceptors (Lipinski definition) is 5. The highest BCUT2D eigenvalue weighted by Gasteiger charge is 2.05. The van der Waals surface area contributed by atoms with Crippen molar-refractivity contribution in [3.63, 3.8) is 0 Å². The smallest absolute Gasteiger partial charge is 0.309 e. The predicted octanol–water partition coefficient (Wildman–Crippen LogP) is 1.54. The molecule has 96 valence electrons. The van der Waals surface area contributed by atoms with Crippen molar-refractivity contribution in [1.82, 2.24) is 15.0 Å². The Bertz CT molecular complexity index is 495. The molecule has 2 aromatic rings. The van der Waals surface area contributed by atoms with Crippen molar-refractivity contribution in [1.29, 1.82) is 0 Å². The minimum Gasteiger partial charge on any atom is -0.481 e. The third kappa shape index (κ3) is 3.85. The third-order valence-corrected chi connectivity index (χ3v) is 3.15. The summed E-state index contributed by atoms with van der Waals surface area (Å²) in [5, 5.41) is 14.3. The van der Waals surface area contributed by atoms with Crippen LogP contribution in [0, 0.1) is 0 Å². The second-order valence-corrected chi connectivity index (χ2v) is 4.64. The molecule has 0 spiro atoms. The van der Waals surface area contributed by atoms with E-state index in [0.29, 0.717) is 5.69 Å². The minimum atomic E-state index is -0.857. The highest BCUT2D eigenvalue weighted by molar-refractivity contribution is 7.13. The van der Waals surface area contributed by atoms with Gasteiger partial charge in [-0.3, -0.25) is 4.79 Å². The van der Waals surface area contributed by atoms with Gasteiger partial charge >= 0.3 is 5.97 Å². The van der Waals surface area contributed by atoms with Crippen LogP contribution in [-0.4, -0.2) is 32.6 Å². The van der Waals surface area contributed by atoms with Crippen LogP contribution in [0.2, 0.25) is 0 Å². The van der Waals surface area contributed by atoms with Crippen molar-refractivity contribution in [2.45, 2.75) is 19.3 Å². The molecule has 0 amide bonds. The van der Waals surface area contributed by atoms with Gasteiger partial charge in [-0.15, -0.1) is 11.3 Å². The fourth-order valence-corrected chi connectivity index (χ4v) is 2.25. The van der Waals surface area contributed by atoms with Crippen LogP contribution >= 0.6 is 11.3 Å². The number of H-pyrrole nitrogens is 1. The van der Waals surface area contributed by atoms with Gasteiger partial charge in [0.15, 0.2) is 5.13 Å². The molecule has 3 N–H and O–H groups in total. The summed E-state index contributed by atoms with van der Waals surface area (Å²) in [5.74, 6) is 0.118. The van der Waals surface area contributed by atoms with E-state index >= 15 is 0 Å². The molecule has 6 nitrogen and oxygen atoms in total. The maximum Gasteiger partial charge on any atom is 0.309 e. The summed E-state index contributed by atoms with van der Waals surface area (Å²) in [4.78, 5) is 21.9. The van der Waals surface area contributed by atoms with Gasteiger partial charge in [0.1, 0.15) is 5.82 Å². The number of carbonyl (C=O) groups is 1. The van der Waals surface area contributed by atoms with Crippen LogP contribution in [0.25, 0.3) is 0 Å². The van der Waals surface area contributed by atoms with Crippen LogP contribution < -0.4 is 5.32 Å². The summed E-state index contributed by atoms with van der Waals surface area (Å²) in [6.07, 6.45) is 5.35. The first kappa shape index (κ1) is 12.6. The Morgan fingerprint density at radius 3 is 3.17 bits per heavy atom. The number of imidazole rings is 1. The molecule has 0 atom stereocenters. The number of carboxylic acid groups (broad SMARTS) is 1. The summed E-state index contributed by atoms with van der Waals surface area (Å²) >= 11 is 1.43. The number of hydrogen-bond donors (Lipinski definition) is 3. The van der Waals surface area contributed by atoms with Crippen LogP contribution in [0.1, 0.15) is 17.9 Å². The molecule has 0 saturated heterocycles. The van der Waals surface area contributed by atoms with E-state index in [1.54, 1.807) is 11.6 Å². The Morgan fingerprint density at radius 1 is 1.56 bits per heavy atom. The molecule has 2 heterocycles. The van der Waals surface area contributed by atoms with Gasteiger partial charge in [0, 0.05) is 30.7 Å². The Kier molecular flexibility index (Phi) is 4.30. The van der Waals surface area contributed by atoms with E-state index in [-0.39, 0.29) is 6.42 Å². The molecule has 0 aliphatic heterocycles. The third-order valence-electron chi connectivity index (χ3n) is 2.31. The molecule has 0 radical (unpaired) electrons. The molecule has 0 bridgehead atoms. The molecular weight excluding hydrogens is 252 g/mol. The number of thiazole rings is 1. The highest BCUT2D eigenvalue weighted by atomic mass is 32.1.